The van der Waals surface area contributed by atoms with E-state index in [9.17, 15) is 4.79 Å². The van der Waals surface area contributed by atoms with Crippen LogP contribution in [0.1, 0.15) is 46.0 Å². The zero-order chi connectivity index (χ0) is 11.5. The number of carbonyl (C=O) groups is 1. The molecule has 1 amide bonds. The quantitative estimate of drug-likeness (QED) is 0.580. The van der Waals surface area contributed by atoms with Gasteiger partial charge >= 0.3 is 6.09 Å². The Kier molecular flexibility index (Phi) is 9.27. The second-order valence-electron chi connectivity index (χ2n) is 3.87. The molecule has 0 rings (SSSR count). The van der Waals surface area contributed by atoms with Crippen molar-refractivity contribution in [1.29, 1.82) is 0 Å². The van der Waals surface area contributed by atoms with Crippen molar-refractivity contribution in [1.82, 2.24) is 5.32 Å². The lowest BCUT2D eigenvalue weighted by Gasteiger charge is -2.13. The summed E-state index contributed by atoms with van der Waals surface area (Å²) in [4.78, 5) is 10.3. The van der Waals surface area contributed by atoms with Crippen LogP contribution in [0.4, 0.5) is 4.79 Å². The van der Waals surface area contributed by atoms with Gasteiger partial charge in [0.15, 0.2) is 0 Å². The summed E-state index contributed by atoms with van der Waals surface area (Å²) in [5.41, 5.74) is 4.83. The zero-order valence-electron chi connectivity index (χ0n) is 9.92. The molecule has 4 nitrogen and oxygen atoms in total. The summed E-state index contributed by atoms with van der Waals surface area (Å²) in [6.45, 7) is 5.39. The molecule has 0 fully saturated rings. The predicted octanol–water partition coefficient (Wildman–Crippen LogP) is 2.03. The van der Waals surface area contributed by atoms with Gasteiger partial charge in [-0.2, -0.15) is 0 Å². The molecule has 0 saturated heterocycles. The number of hydrogen-bond acceptors (Lipinski definition) is 3. The van der Waals surface area contributed by atoms with E-state index in [1.54, 1.807) is 0 Å². The lowest BCUT2D eigenvalue weighted by molar-refractivity contribution is 0.156. The smallest absolute Gasteiger partial charge is 0.404 e. The van der Waals surface area contributed by atoms with Crippen molar-refractivity contribution < 1.29 is 9.53 Å². The first-order valence-corrected chi connectivity index (χ1v) is 5.82. The van der Waals surface area contributed by atoms with Crippen molar-refractivity contribution in [2.75, 3.05) is 13.2 Å². The predicted molar refractivity (Wildman–Crippen MR) is 61.8 cm³/mol. The Labute approximate surface area is 92.6 Å². The number of amides is 1. The van der Waals surface area contributed by atoms with Gasteiger partial charge in [-0.1, -0.05) is 32.6 Å². The van der Waals surface area contributed by atoms with Gasteiger partial charge in [0.2, 0.25) is 0 Å². The molecule has 0 heterocycles. The van der Waals surface area contributed by atoms with Crippen molar-refractivity contribution in [3.63, 3.8) is 0 Å². The van der Waals surface area contributed by atoms with Crippen molar-refractivity contribution in [2.24, 2.45) is 5.73 Å². The average molecular weight is 216 g/mol. The highest BCUT2D eigenvalue weighted by atomic mass is 16.5. The van der Waals surface area contributed by atoms with Crippen molar-refractivity contribution >= 4 is 6.09 Å². The summed E-state index contributed by atoms with van der Waals surface area (Å²) in [5.74, 6) is 0. The van der Waals surface area contributed by atoms with Gasteiger partial charge in [0, 0.05) is 12.6 Å². The summed E-state index contributed by atoms with van der Waals surface area (Å²) in [6.07, 6.45) is 5.63. The molecule has 0 radical (unpaired) electrons. The third-order valence-corrected chi connectivity index (χ3v) is 2.33. The monoisotopic (exact) mass is 216 g/mol. The highest BCUT2D eigenvalue weighted by molar-refractivity contribution is 5.64. The summed E-state index contributed by atoms with van der Waals surface area (Å²) in [6, 6.07) is 0.485. The number of rotatable bonds is 9. The number of primary amides is 1. The molecular weight excluding hydrogens is 192 g/mol. The summed E-state index contributed by atoms with van der Waals surface area (Å²) in [5, 5.41) is 3.28. The van der Waals surface area contributed by atoms with Crippen LogP contribution in [0.15, 0.2) is 0 Å². The second-order valence-corrected chi connectivity index (χ2v) is 3.87. The maximum absolute atomic E-state index is 10.3. The highest BCUT2D eigenvalue weighted by Crippen LogP contribution is 2.04. The number of hydrogen-bond donors (Lipinski definition) is 2. The molecular formula is C11H24N2O2. The maximum atomic E-state index is 10.3. The molecule has 1 atom stereocenters. The van der Waals surface area contributed by atoms with Crippen LogP contribution in [-0.2, 0) is 4.74 Å². The third kappa shape index (κ3) is 11.2. The van der Waals surface area contributed by atoms with E-state index in [-0.39, 0.29) is 0 Å². The molecule has 0 aromatic heterocycles. The Bertz CT molecular complexity index is 163. The molecule has 0 aromatic carbocycles. The molecule has 15 heavy (non-hydrogen) atoms. The second kappa shape index (κ2) is 9.77. The first-order chi connectivity index (χ1) is 7.16. The lowest BCUT2D eigenvalue weighted by Crippen LogP contribution is -2.30. The zero-order valence-corrected chi connectivity index (χ0v) is 9.92. The normalized spacial score (nSPS) is 12.4. The average Bonchev–Trinajstić information content (AvgIpc) is 2.19. The number of nitrogens with two attached hydrogens (primary N) is 1. The lowest BCUT2D eigenvalue weighted by atomic mass is 10.1. The molecule has 90 valence electrons. The van der Waals surface area contributed by atoms with E-state index in [4.69, 9.17) is 5.73 Å². The summed E-state index contributed by atoms with van der Waals surface area (Å²) >= 11 is 0. The SMILES string of the molecule is CCCCCCC(C)NCCOC(N)=O. The Morgan fingerprint density at radius 1 is 1.40 bits per heavy atom. The van der Waals surface area contributed by atoms with E-state index in [0.29, 0.717) is 19.2 Å². The van der Waals surface area contributed by atoms with Crippen LogP contribution >= 0.6 is 0 Å². The van der Waals surface area contributed by atoms with Crippen molar-refractivity contribution in [2.45, 2.75) is 52.0 Å². The Morgan fingerprint density at radius 2 is 2.13 bits per heavy atom. The van der Waals surface area contributed by atoms with Gasteiger partial charge in [-0.25, -0.2) is 4.79 Å². The van der Waals surface area contributed by atoms with Crippen LogP contribution in [0, 0.1) is 0 Å². The van der Waals surface area contributed by atoms with Gasteiger partial charge < -0.3 is 15.8 Å². The molecule has 3 N–H and O–H groups in total. The van der Waals surface area contributed by atoms with Crippen LogP contribution in [0.2, 0.25) is 0 Å². The summed E-state index contributed by atoms with van der Waals surface area (Å²) in [7, 11) is 0. The van der Waals surface area contributed by atoms with Gasteiger partial charge in [-0.15, -0.1) is 0 Å². The van der Waals surface area contributed by atoms with Crippen molar-refractivity contribution in [3.05, 3.63) is 0 Å². The van der Waals surface area contributed by atoms with Crippen LogP contribution in [-0.4, -0.2) is 25.3 Å². The molecule has 0 saturated carbocycles. The van der Waals surface area contributed by atoms with Crippen molar-refractivity contribution in [3.8, 4) is 0 Å². The number of ether oxygens (including phenoxy) is 1. The van der Waals surface area contributed by atoms with E-state index in [0.717, 1.165) is 0 Å². The fraction of sp³-hybridized carbons (Fsp3) is 0.909. The largest absolute Gasteiger partial charge is 0.448 e. The van der Waals surface area contributed by atoms with E-state index in [1.807, 2.05) is 0 Å². The minimum Gasteiger partial charge on any atom is -0.448 e. The van der Waals surface area contributed by atoms with Crippen LogP contribution in [0.25, 0.3) is 0 Å². The fourth-order valence-corrected chi connectivity index (χ4v) is 1.44. The standard InChI is InChI=1S/C11H24N2O2/c1-3-4-5-6-7-10(2)13-8-9-15-11(12)14/h10,13H,3-9H2,1-2H3,(H2,12,14). The number of carbonyl (C=O) groups excluding carboxylic acids is 1. The molecule has 1 unspecified atom stereocenters. The van der Waals surface area contributed by atoms with E-state index in [1.165, 1.54) is 32.1 Å². The van der Waals surface area contributed by atoms with Gasteiger partial charge in [-0.05, 0) is 13.3 Å². The molecule has 0 aromatic rings. The highest BCUT2D eigenvalue weighted by Gasteiger charge is 2.00. The Balaban J connectivity index is 3.18. The molecule has 0 aliphatic carbocycles. The number of nitrogens with one attached hydrogen (secondary N) is 1. The Morgan fingerprint density at radius 3 is 2.73 bits per heavy atom. The Hall–Kier alpha value is -0.770. The van der Waals surface area contributed by atoms with E-state index >= 15 is 0 Å². The minimum atomic E-state index is -0.701. The van der Waals surface area contributed by atoms with Gasteiger partial charge in [0.25, 0.3) is 0 Å². The topological polar surface area (TPSA) is 64.3 Å². The maximum Gasteiger partial charge on any atom is 0.404 e. The molecule has 0 spiro atoms. The molecule has 0 aliphatic heterocycles. The molecule has 0 aliphatic rings. The first-order valence-electron chi connectivity index (χ1n) is 5.82. The minimum absolute atomic E-state index is 0.356. The molecule has 0 bridgehead atoms. The third-order valence-electron chi connectivity index (χ3n) is 2.33. The van der Waals surface area contributed by atoms with Crippen LogP contribution in [0.3, 0.4) is 0 Å². The number of unbranched alkanes of at least 4 members (excludes halogenated alkanes) is 3. The van der Waals surface area contributed by atoms with E-state index in [2.05, 4.69) is 23.9 Å². The first kappa shape index (κ1) is 14.2. The van der Waals surface area contributed by atoms with Gasteiger partial charge in [0.05, 0.1) is 0 Å². The van der Waals surface area contributed by atoms with E-state index < -0.39 is 6.09 Å². The fourth-order valence-electron chi connectivity index (χ4n) is 1.44. The molecule has 4 heteroatoms. The van der Waals surface area contributed by atoms with Crippen LogP contribution < -0.4 is 11.1 Å². The van der Waals surface area contributed by atoms with Crippen LogP contribution in [0.5, 0.6) is 0 Å². The van der Waals surface area contributed by atoms with Gasteiger partial charge in [-0.3, -0.25) is 0 Å². The summed E-state index contributed by atoms with van der Waals surface area (Å²) < 4.78 is 4.61. The van der Waals surface area contributed by atoms with Gasteiger partial charge in [0.1, 0.15) is 6.61 Å².